The maximum atomic E-state index is 13.8. The Morgan fingerprint density at radius 3 is 2.83 bits per heavy atom. The fourth-order valence-electron chi connectivity index (χ4n) is 3.83. The van der Waals surface area contributed by atoms with Crippen LogP contribution in [0.1, 0.15) is 31.5 Å². The molecule has 23 heavy (non-hydrogen) atoms. The van der Waals surface area contributed by atoms with E-state index in [0.717, 1.165) is 12.3 Å². The molecule has 1 saturated heterocycles. The Labute approximate surface area is 135 Å². The van der Waals surface area contributed by atoms with Crippen molar-refractivity contribution in [2.45, 2.75) is 44.4 Å². The first-order valence-electron chi connectivity index (χ1n) is 8.62. The second-order valence-electron chi connectivity index (χ2n) is 7.17. The van der Waals surface area contributed by atoms with Gasteiger partial charge >= 0.3 is 0 Å². The third-order valence-corrected chi connectivity index (χ3v) is 5.36. The first-order chi connectivity index (χ1) is 11.2. The Morgan fingerprint density at radius 1 is 1.30 bits per heavy atom. The number of carbonyl (C=O) groups is 1. The molecule has 0 spiro atoms. The van der Waals surface area contributed by atoms with Gasteiger partial charge in [0.15, 0.2) is 0 Å². The van der Waals surface area contributed by atoms with Gasteiger partial charge in [0, 0.05) is 37.4 Å². The van der Waals surface area contributed by atoms with Crippen molar-refractivity contribution in [1.82, 2.24) is 20.2 Å². The van der Waals surface area contributed by atoms with E-state index in [1.54, 1.807) is 18.5 Å². The third kappa shape index (κ3) is 3.52. The highest BCUT2D eigenvalue weighted by atomic mass is 19.1. The molecule has 2 saturated carbocycles. The van der Waals surface area contributed by atoms with Gasteiger partial charge in [-0.05, 0) is 43.6 Å². The van der Waals surface area contributed by atoms with Crippen LogP contribution in [0.4, 0.5) is 4.39 Å². The highest BCUT2D eigenvalue weighted by Gasteiger charge is 2.51. The molecule has 0 aromatic carbocycles. The van der Waals surface area contributed by atoms with Crippen molar-refractivity contribution in [2.75, 3.05) is 13.1 Å². The van der Waals surface area contributed by atoms with E-state index in [1.807, 2.05) is 4.90 Å². The Balaban J connectivity index is 1.29. The van der Waals surface area contributed by atoms with E-state index >= 15 is 0 Å². The Kier molecular flexibility index (Phi) is 4.01. The Hall–Kier alpha value is -1.56. The number of aromatic nitrogens is 2. The molecule has 0 radical (unpaired) electrons. The molecular weight excluding hydrogens is 295 g/mol. The number of amides is 1. The van der Waals surface area contributed by atoms with Crippen molar-refractivity contribution in [3.8, 4) is 0 Å². The lowest BCUT2D eigenvalue weighted by Gasteiger charge is -2.23. The predicted octanol–water partition coefficient (Wildman–Crippen LogP) is 1.55. The summed E-state index contributed by atoms with van der Waals surface area (Å²) in [5, 5.41) is 3.05. The lowest BCUT2D eigenvalue weighted by atomic mass is 10.2. The summed E-state index contributed by atoms with van der Waals surface area (Å²) in [5.41, 5.74) is 0. The molecule has 1 aliphatic heterocycles. The van der Waals surface area contributed by atoms with Crippen molar-refractivity contribution < 1.29 is 9.18 Å². The van der Waals surface area contributed by atoms with Gasteiger partial charge in [0.25, 0.3) is 0 Å². The molecule has 2 heterocycles. The number of alkyl halides is 1. The van der Waals surface area contributed by atoms with Gasteiger partial charge in [0.2, 0.25) is 5.91 Å². The van der Waals surface area contributed by atoms with Gasteiger partial charge in [-0.2, -0.15) is 0 Å². The van der Waals surface area contributed by atoms with Crippen LogP contribution in [0.2, 0.25) is 0 Å². The van der Waals surface area contributed by atoms with Gasteiger partial charge in [0.1, 0.15) is 12.0 Å². The number of nitrogens with zero attached hydrogens (tertiary/aromatic N) is 3. The second-order valence-corrected chi connectivity index (χ2v) is 7.17. The van der Waals surface area contributed by atoms with Gasteiger partial charge in [-0.3, -0.25) is 9.69 Å². The lowest BCUT2D eigenvalue weighted by molar-refractivity contribution is -0.122. The van der Waals surface area contributed by atoms with E-state index in [9.17, 15) is 9.18 Å². The number of hydrogen-bond donors (Lipinski definition) is 1. The molecule has 4 rings (SSSR count). The highest BCUT2D eigenvalue weighted by molar-refractivity contribution is 5.81. The first-order valence-corrected chi connectivity index (χ1v) is 8.62. The molecule has 0 bridgehead atoms. The zero-order valence-corrected chi connectivity index (χ0v) is 13.2. The molecule has 2 unspecified atom stereocenters. The van der Waals surface area contributed by atoms with Crippen LogP contribution < -0.4 is 5.32 Å². The number of hydrogen-bond acceptors (Lipinski definition) is 4. The van der Waals surface area contributed by atoms with Crippen LogP contribution in [-0.4, -0.2) is 46.1 Å². The molecular formula is C17H23FN4O. The fourth-order valence-corrected chi connectivity index (χ4v) is 3.83. The quantitative estimate of drug-likeness (QED) is 0.865. The summed E-state index contributed by atoms with van der Waals surface area (Å²) >= 11 is 0. The van der Waals surface area contributed by atoms with Crippen LogP contribution in [0, 0.1) is 17.8 Å². The minimum atomic E-state index is -0.833. The molecule has 1 aromatic rings. The number of nitrogens with one attached hydrogen (secondary N) is 1. The SMILES string of the molecule is O=C(NC[C@@H]1C[C@H](F)CN1Cc1ncccn1)C1CC1C1CC1. The summed E-state index contributed by atoms with van der Waals surface area (Å²) < 4.78 is 13.8. The van der Waals surface area contributed by atoms with Crippen LogP contribution in [0.25, 0.3) is 0 Å². The maximum absolute atomic E-state index is 13.8. The average molecular weight is 318 g/mol. The highest BCUT2D eigenvalue weighted by Crippen LogP contribution is 2.54. The number of rotatable bonds is 6. The summed E-state index contributed by atoms with van der Waals surface area (Å²) in [6.45, 7) is 1.46. The normalized spacial score (nSPS) is 33.6. The average Bonchev–Trinajstić information content (AvgIpc) is 3.43. The Morgan fingerprint density at radius 2 is 2.09 bits per heavy atom. The second kappa shape index (κ2) is 6.15. The summed E-state index contributed by atoms with van der Waals surface area (Å²) in [4.78, 5) is 22.7. The van der Waals surface area contributed by atoms with E-state index in [2.05, 4.69) is 15.3 Å². The third-order valence-electron chi connectivity index (χ3n) is 5.36. The van der Waals surface area contributed by atoms with E-state index < -0.39 is 6.17 Å². The molecule has 1 amide bonds. The summed E-state index contributed by atoms with van der Waals surface area (Å²) in [7, 11) is 0. The summed E-state index contributed by atoms with van der Waals surface area (Å²) in [6.07, 6.45) is 6.69. The molecule has 4 atom stereocenters. The smallest absolute Gasteiger partial charge is 0.223 e. The van der Waals surface area contributed by atoms with Crippen molar-refractivity contribution in [1.29, 1.82) is 0 Å². The molecule has 1 N–H and O–H groups in total. The summed E-state index contributed by atoms with van der Waals surface area (Å²) in [6, 6.07) is 1.81. The molecule has 5 nitrogen and oxygen atoms in total. The van der Waals surface area contributed by atoms with Crippen molar-refractivity contribution in [3.05, 3.63) is 24.3 Å². The lowest BCUT2D eigenvalue weighted by Crippen LogP contribution is -2.40. The van der Waals surface area contributed by atoms with Crippen LogP contribution >= 0.6 is 0 Å². The van der Waals surface area contributed by atoms with Crippen molar-refractivity contribution >= 4 is 5.91 Å². The maximum Gasteiger partial charge on any atom is 0.223 e. The molecule has 124 valence electrons. The number of carbonyl (C=O) groups excluding carboxylic acids is 1. The van der Waals surface area contributed by atoms with Crippen molar-refractivity contribution in [3.63, 3.8) is 0 Å². The van der Waals surface area contributed by atoms with Gasteiger partial charge in [0.05, 0.1) is 6.54 Å². The van der Waals surface area contributed by atoms with Gasteiger partial charge in [-0.25, -0.2) is 14.4 Å². The molecule has 2 aliphatic carbocycles. The minimum absolute atomic E-state index is 0.0379. The number of likely N-dealkylation sites (tertiary alicyclic amines) is 1. The Bertz CT molecular complexity index is 565. The standard InChI is InChI=1S/C17H23FN4O/c18-12-6-13(22(9-12)10-16-19-4-1-5-20-16)8-21-17(23)15-7-14(15)11-2-3-11/h1,4-5,11-15H,2-3,6-10H2,(H,21,23)/t12-,13-,14?,15?/m0/s1. The first kappa shape index (κ1) is 15.0. The van der Waals surface area contributed by atoms with E-state index in [-0.39, 0.29) is 17.9 Å². The molecule has 3 aliphatic rings. The molecule has 6 heteroatoms. The van der Waals surface area contributed by atoms with Gasteiger partial charge in [-0.15, -0.1) is 0 Å². The van der Waals surface area contributed by atoms with Crippen LogP contribution in [-0.2, 0) is 11.3 Å². The van der Waals surface area contributed by atoms with Gasteiger partial charge < -0.3 is 5.32 Å². The van der Waals surface area contributed by atoms with E-state index in [1.165, 1.54) is 12.8 Å². The monoisotopic (exact) mass is 318 g/mol. The fraction of sp³-hybridized carbons (Fsp3) is 0.706. The number of halogens is 1. The molecule has 1 aromatic heterocycles. The summed E-state index contributed by atoms with van der Waals surface area (Å²) in [5.74, 6) is 2.52. The van der Waals surface area contributed by atoms with Crippen LogP contribution in [0.5, 0.6) is 0 Å². The zero-order valence-electron chi connectivity index (χ0n) is 13.2. The van der Waals surface area contributed by atoms with Crippen LogP contribution in [0.15, 0.2) is 18.5 Å². The zero-order chi connectivity index (χ0) is 15.8. The largest absolute Gasteiger partial charge is 0.354 e. The van der Waals surface area contributed by atoms with Crippen molar-refractivity contribution in [2.24, 2.45) is 17.8 Å². The van der Waals surface area contributed by atoms with E-state index in [4.69, 9.17) is 0 Å². The molecule has 3 fully saturated rings. The topological polar surface area (TPSA) is 58.1 Å². The predicted molar refractivity (Wildman–Crippen MR) is 83.1 cm³/mol. The minimum Gasteiger partial charge on any atom is -0.354 e. The van der Waals surface area contributed by atoms with E-state index in [0.29, 0.717) is 37.8 Å². The van der Waals surface area contributed by atoms with Crippen LogP contribution in [0.3, 0.4) is 0 Å². The van der Waals surface area contributed by atoms with Gasteiger partial charge in [-0.1, -0.05) is 0 Å².